The summed E-state index contributed by atoms with van der Waals surface area (Å²) in [4.78, 5) is 12.8. The van der Waals surface area contributed by atoms with Gasteiger partial charge in [0.2, 0.25) is 10.0 Å². The van der Waals surface area contributed by atoms with Crippen LogP contribution < -0.4 is 10.0 Å². The van der Waals surface area contributed by atoms with Gasteiger partial charge in [0.15, 0.2) is 0 Å². The lowest BCUT2D eigenvalue weighted by Crippen LogP contribution is -2.23. The summed E-state index contributed by atoms with van der Waals surface area (Å²) >= 11 is 0. The first-order valence-electron chi connectivity index (χ1n) is 9.70. The van der Waals surface area contributed by atoms with Crippen molar-refractivity contribution < 1.29 is 13.2 Å². The number of hydrogen-bond acceptors (Lipinski definition) is 3. The monoisotopic (exact) mass is 422 g/mol. The number of carbonyl (C=O) groups excluding carboxylic acids is 1. The fourth-order valence-corrected chi connectivity index (χ4v) is 4.08. The molecule has 3 aromatic rings. The summed E-state index contributed by atoms with van der Waals surface area (Å²) in [6, 6.07) is 17.9. The Morgan fingerprint density at radius 1 is 0.800 bits per heavy atom. The fraction of sp³-hybridized carbons (Fsp3) is 0.208. The first-order chi connectivity index (χ1) is 14.2. The molecule has 0 bridgehead atoms. The molecule has 3 rings (SSSR count). The molecule has 0 aliphatic heterocycles. The fourth-order valence-electron chi connectivity index (χ4n) is 2.98. The van der Waals surface area contributed by atoms with E-state index in [0.717, 1.165) is 33.5 Å². The van der Waals surface area contributed by atoms with Gasteiger partial charge in [-0.25, -0.2) is 13.1 Å². The van der Waals surface area contributed by atoms with Crippen molar-refractivity contribution in [3.05, 3.63) is 94.0 Å². The van der Waals surface area contributed by atoms with E-state index < -0.39 is 10.0 Å². The zero-order chi connectivity index (χ0) is 21.9. The smallest absolute Gasteiger partial charge is 0.255 e. The predicted molar refractivity (Wildman–Crippen MR) is 120 cm³/mol. The number of nitrogens with one attached hydrogen (secondary N) is 2. The zero-order valence-electron chi connectivity index (χ0n) is 17.6. The minimum Gasteiger partial charge on any atom is -0.322 e. The molecule has 0 aliphatic carbocycles. The van der Waals surface area contributed by atoms with E-state index in [4.69, 9.17) is 0 Å². The molecular weight excluding hydrogens is 396 g/mol. The molecular formula is C24H26N2O3S. The van der Waals surface area contributed by atoms with Crippen molar-refractivity contribution in [2.45, 2.75) is 39.1 Å². The lowest BCUT2D eigenvalue weighted by Gasteiger charge is -2.11. The lowest BCUT2D eigenvalue weighted by molar-refractivity contribution is 0.102. The molecule has 0 unspecified atom stereocenters. The van der Waals surface area contributed by atoms with Gasteiger partial charge >= 0.3 is 0 Å². The van der Waals surface area contributed by atoms with Crippen LogP contribution in [-0.4, -0.2) is 14.3 Å². The van der Waals surface area contributed by atoms with Gasteiger partial charge in [-0.1, -0.05) is 30.3 Å². The zero-order valence-corrected chi connectivity index (χ0v) is 18.4. The molecule has 0 fully saturated rings. The number of aryl methyl sites for hydroxylation is 4. The number of hydrogen-bond donors (Lipinski definition) is 2. The summed E-state index contributed by atoms with van der Waals surface area (Å²) in [5.41, 5.74) is 6.10. The van der Waals surface area contributed by atoms with E-state index in [0.29, 0.717) is 5.56 Å². The van der Waals surface area contributed by atoms with Crippen LogP contribution in [0.3, 0.4) is 0 Å². The Balaban J connectivity index is 1.66. The normalized spacial score (nSPS) is 11.3. The van der Waals surface area contributed by atoms with Crippen LogP contribution in [0, 0.1) is 27.7 Å². The van der Waals surface area contributed by atoms with E-state index in [2.05, 4.69) is 10.0 Å². The Morgan fingerprint density at radius 2 is 1.47 bits per heavy atom. The summed E-state index contributed by atoms with van der Waals surface area (Å²) in [7, 11) is -3.60. The van der Waals surface area contributed by atoms with Gasteiger partial charge in [0.1, 0.15) is 0 Å². The van der Waals surface area contributed by atoms with E-state index in [9.17, 15) is 13.2 Å². The molecule has 0 saturated heterocycles. The number of sulfonamides is 1. The third-order valence-corrected chi connectivity index (χ3v) is 6.51. The van der Waals surface area contributed by atoms with Crippen LogP contribution in [-0.2, 0) is 16.6 Å². The minimum atomic E-state index is -3.60. The maximum atomic E-state index is 12.5. The highest BCUT2D eigenvalue weighted by Crippen LogP contribution is 2.18. The average Bonchev–Trinajstić information content (AvgIpc) is 2.71. The summed E-state index contributed by atoms with van der Waals surface area (Å²) in [6.07, 6.45) is 0. The average molecular weight is 423 g/mol. The molecule has 0 aliphatic rings. The number of amides is 1. The number of benzene rings is 3. The topological polar surface area (TPSA) is 75.3 Å². The standard InChI is InChI=1S/C24H26N2O3S/c1-16-5-6-18(3)23(13-16)26-24(27)21-10-8-20(9-11-21)15-25-30(28,29)22-12-7-17(2)19(4)14-22/h5-14,25H,15H2,1-4H3,(H,26,27). The second-order valence-electron chi connectivity index (χ2n) is 7.54. The molecule has 0 heterocycles. The molecule has 6 heteroatoms. The van der Waals surface area contributed by atoms with Gasteiger partial charge in [-0.15, -0.1) is 0 Å². The van der Waals surface area contributed by atoms with Gasteiger partial charge in [-0.3, -0.25) is 4.79 Å². The van der Waals surface area contributed by atoms with Crippen molar-refractivity contribution in [1.82, 2.24) is 4.72 Å². The Kier molecular flexibility index (Phi) is 6.39. The lowest BCUT2D eigenvalue weighted by atomic mass is 10.1. The molecule has 0 spiro atoms. The second-order valence-corrected chi connectivity index (χ2v) is 9.31. The van der Waals surface area contributed by atoms with E-state index in [-0.39, 0.29) is 17.3 Å². The van der Waals surface area contributed by atoms with Crippen LogP contribution in [0.25, 0.3) is 0 Å². The largest absolute Gasteiger partial charge is 0.322 e. The van der Waals surface area contributed by atoms with Gasteiger partial charge in [0.25, 0.3) is 5.91 Å². The van der Waals surface area contributed by atoms with Crippen molar-refractivity contribution in [3.63, 3.8) is 0 Å². The number of rotatable bonds is 6. The molecule has 0 aromatic heterocycles. The van der Waals surface area contributed by atoms with E-state index in [1.54, 1.807) is 42.5 Å². The van der Waals surface area contributed by atoms with Crippen LogP contribution in [0.4, 0.5) is 5.69 Å². The van der Waals surface area contributed by atoms with E-state index in [1.165, 1.54) is 0 Å². The van der Waals surface area contributed by atoms with Crippen LogP contribution in [0.2, 0.25) is 0 Å². The van der Waals surface area contributed by atoms with Crippen LogP contribution >= 0.6 is 0 Å². The molecule has 1 amide bonds. The van der Waals surface area contributed by atoms with Crippen LogP contribution in [0.1, 0.15) is 38.2 Å². The Hall–Kier alpha value is -2.96. The Labute approximate surface area is 178 Å². The molecule has 0 radical (unpaired) electrons. The van der Waals surface area contributed by atoms with Crippen molar-refractivity contribution in [2.24, 2.45) is 0 Å². The number of carbonyl (C=O) groups is 1. The van der Waals surface area contributed by atoms with E-state index in [1.807, 2.05) is 45.9 Å². The molecule has 5 nitrogen and oxygen atoms in total. The van der Waals surface area contributed by atoms with Gasteiger partial charge < -0.3 is 5.32 Å². The molecule has 3 aromatic carbocycles. The highest BCUT2D eigenvalue weighted by molar-refractivity contribution is 7.89. The maximum Gasteiger partial charge on any atom is 0.255 e. The Morgan fingerprint density at radius 3 is 2.13 bits per heavy atom. The quantitative estimate of drug-likeness (QED) is 0.607. The summed E-state index contributed by atoms with van der Waals surface area (Å²) in [6.45, 7) is 7.89. The van der Waals surface area contributed by atoms with Crippen molar-refractivity contribution in [2.75, 3.05) is 5.32 Å². The first kappa shape index (κ1) is 21.7. The van der Waals surface area contributed by atoms with Crippen LogP contribution in [0.15, 0.2) is 65.6 Å². The van der Waals surface area contributed by atoms with E-state index >= 15 is 0 Å². The summed E-state index contributed by atoms with van der Waals surface area (Å²) < 4.78 is 27.7. The third-order valence-electron chi connectivity index (χ3n) is 5.11. The summed E-state index contributed by atoms with van der Waals surface area (Å²) in [5.74, 6) is -0.203. The van der Waals surface area contributed by atoms with Gasteiger partial charge in [0.05, 0.1) is 4.90 Å². The minimum absolute atomic E-state index is 0.147. The Bertz CT molecular complexity index is 1180. The van der Waals surface area contributed by atoms with Gasteiger partial charge in [-0.05, 0) is 85.8 Å². The molecule has 0 atom stereocenters. The molecule has 2 N–H and O–H groups in total. The molecule has 30 heavy (non-hydrogen) atoms. The molecule has 0 saturated carbocycles. The SMILES string of the molecule is Cc1ccc(C)c(NC(=O)c2ccc(CNS(=O)(=O)c3ccc(C)c(C)c3)cc2)c1. The highest BCUT2D eigenvalue weighted by atomic mass is 32.2. The second kappa shape index (κ2) is 8.81. The van der Waals surface area contributed by atoms with Crippen molar-refractivity contribution in [1.29, 1.82) is 0 Å². The van der Waals surface area contributed by atoms with Crippen LogP contribution in [0.5, 0.6) is 0 Å². The van der Waals surface area contributed by atoms with Gasteiger partial charge in [-0.2, -0.15) is 0 Å². The first-order valence-corrected chi connectivity index (χ1v) is 11.2. The number of anilines is 1. The molecule has 156 valence electrons. The van der Waals surface area contributed by atoms with Gasteiger partial charge in [0, 0.05) is 17.8 Å². The van der Waals surface area contributed by atoms with Crippen molar-refractivity contribution >= 4 is 21.6 Å². The predicted octanol–water partition coefficient (Wildman–Crippen LogP) is 4.65. The maximum absolute atomic E-state index is 12.5. The summed E-state index contributed by atoms with van der Waals surface area (Å²) in [5, 5.41) is 2.92. The highest BCUT2D eigenvalue weighted by Gasteiger charge is 2.15. The third kappa shape index (κ3) is 5.14. The van der Waals surface area contributed by atoms with Crippen molar-refractivity contribution in [3.8, 4) is 0 Å².